The molecule has 6 N–H and O–H groups in total. The van der Waals surface area contributed by atoms with Crippen LogP contribution in [0, 0.1) is 0 Å². The number of nitrogens with two attached hydrogens (primary N) is 1. The van der Waals surface area contributed by atoms with Crippen molar-refractivity contribution in [3.63, 3.8) is 0 Å². The molecule has 9 heteroatoms. The van der Waals surface area contributed by atoms with Crippen molar-refractivity contribution < 1.29 is 24.2 Å². The van der Waals surface area contributed by atoms with E-state index in [1.165, 1.54) is 0 Å². The van der Waals surface area contributed by atoms with Crippen LogP contribution in [-0.2, 0) is 9.53 Å². The normalized spacial score (nSPS) is 9.41. The number of carboxylic acid groups (broad SMARTS) is 1. The van der Waals surface area contributed by atoms with Crippen LogP contribution in [0.3, 0.4) is 0 Å². The molecule has 98 valence electrons. The van der Waals surface area contributed by atoms with E-state index in [-0.39, 0.29) is 26.2 Å². The number of urea groups is 2. The van der Waals surface area contributed by atoms with Gasteiger partial charge in [0.1, 0.15) is 6.61 Å². The molecule has 0 radical (unpaired) electrons. The summed E-state index contributed by atoms with van der Waals surface area (Å²) >= 11 is 0. The molecule has 0 saturated carbocycles. The Balaban J connectivity index is 3.29. The van der Waals surface area contributed by atoms with E-state index in [0.29, 0.717) is 0 Å². The van der Waals surface area contributed by atoms with Crippen molar-refractivity contribution in [2.45, 2.75) is 0 Å². The van der Waals surface area contributed by atoms with Gasteiger partial charge in [0, 0.05) is 19.6 Å². The van der Waals surface area contributed by atoms with Crippen LogP contribution in [0.2, 0.25) is 0 Å². The Hall–Kier alpha value is -2.03. The van der Waals surface area contributed by atoms with Crippen LogP contribution >= 0.6 is 0 Å². The second kappa shape index (κ2) is 9.21. The highest BCUT2D eigenvalue weighted by Crippen LogP contribution is 1.73. The summed E-state index contributed by atoms with van der Waals surface area (Å²) in [4.78, 5) is 31.4. The largest absolute Gasteiger partial charge is 0.480 e. The fourth-order valence-corrected chi connectivity index (χ4v) is 0.820. The molecule has 0 saturated heterocycles. The Morgan fingerprint density at radius 1 is 1.06 bits per heavy atom. The number of carbonyl (C=O) groups excluding carboxylic acids is 2. The van der Waals surface area contributed by atoms with Gasteiger partial charge < -0.3 is 31.5 Å². The van der Waals surface area contributed by atoms with Crippen molar-refractivity contribution in [2.75, 3.05) is 32.8 Å². The Morgan fingerprint density at radius 3 is 2.24 bits per heavy atom. The van der Waals surface area contributed by atoms with Crippen LogP contribution in [0.15, 0.2) is 0 Å². The molecule has 0 aliphatic heterocycles. The van der Waals surface area contributed by atoms with Crippen LogP contribution < -0.4 is 21.7 Å². The van der Waals surface area contributed by atoms with Crippen molar-refractivity contribution >= 4 is 18.0 Å². The Labute approximate surface area is 97.7 Å². The van der Waals surface area contributed by atoms with E-state index < -0.39 is 24.6 Å². The van der Waals surface area contributed by atoms with Crippen LogP contribution in [0.5, 0.6) is 0 Å². The third-order valence-corrected chi connectivity index (χ3v) is 1.47. The van der Waals surface area contributed by atoms with Gasteiger partial charge in [-0.3, -0.25) is 0 Å². The van der Waals surface area contributed by atoms with E-state index in [1.807, 2.05) is 0 Å². The summed E-state index contributed by atoms with van der Waals surface area (Å²) in [5, 5.41) is 15.4. The van der Waals surface area contributed by atoms with Crippen molar-refractivity contribution in [3.05, 3.63) is 0 Å². The molecule has 0 spiro atoms. The lowest BCUT2D eigenvalue weighted by Crippen LogP contribution is -2.42. The average Bonchev–Trinajstić information content (AvgIpc) is 2.23. The van der Waals surface area contributed by atoms with E-state index >= 15 is 0 Å². The van der Waals surface area contributed by atoms with Gasteiger partial charge in [0.05, 0.1) is 6.61 Å². The van der Waals surface area contributed by atoms with Crippen LogP contribution in [0.4, 0.5) is 9.59 Å². The molecule has 0 aliphatic rings. The molecule has 4 amide bonds. The van der Waals surface area contributed by atoms with Gasteiger partial charge in [0.25, 0.3) is 0 Å². The molecule has 0 fully saturated rings. The lowest BCUT2D eigenvalue weighted by molar-refractivity contribution is -0.142. The molecule has 0 aromatic heterocycles. The van der Waals surface area contributed by atoms with Gasteiger partial charge in [0.15, 0.2) is 0 Å². The molecule has 17 heavy (non-hydrogen) atoms. The fraction of sp³-hybridized carbons (Fsp3) is 0.625. The summed E-state index contributed by atoms with van der Waals surface area (Å²) in [7, 11) is 0. The van der Waals surface area contributed by atoms with Crippen LogP contribution in [0.25, 0.3) is 0 Å². The second-order valence-electron chi connectivity index (χ2n) is 2.92. The summed E-state index contributed by atoms with van der Waals surface area (Å²) in [5.41, 5.74) is 4.80. The first-order chi connectivity index (χ1) is 8.02. The van der Waals surface area contributed by atoms with Gasteiger partial charge >= 0.3 is 18.0 Å². The van der Waals surface area contributed by atoms with Gasteiger partial charge in [-0.05, 0) is 0 Å². The fourth-order valence-electron chi connectivity index (χ4n) is 0.820. The van der Waals surface area contributed by atoms with E-state index in [0.717, 1.165) is 0 Å². The topological polar surface area (TPSA) is 143 Å². The number of nitrogens with one attached hydrogen (secondary N) is 3. The van der Waals surface area contributed by atoms with Gasteiger partial charge in [-0.2, -0.15) is 0 Å². The molecular weight excluding hydrogens is 232 g/mol. The van der Waals surface area contributed by atoms with Gasteiger partial charge in [0.2, 0.25) is 0 Å². The lowest BCUT2D eigenvalue weighted by Gasteiger charge is -2.07. The molecule has 0 unspecified atom stereocenters. The molecule has 0 aliphatic carbocycles. The van der Waals surface area contributed by atoms with Crippen LogP contribution in [0.1, 0.15) is 0 Å². The third-order valence-electron chi connectivity index (χ3n) is 1.47. The van der Waals surface area contributed by atoms with Crippen molar-refractivity contribution in [1.82, 2.24) is 16.0 Å². The number of rotatable bonds is 8. The van der Waals surface area contributed by atoms with Crippen LogP contribution in [-0.4, -0.2) is 56.0 Å². The SMILES string of the molecule is NC(=O)NCCNC(=O)NCCOCC(=O)O. The summed E-state index contributed by atoms with van der Waals surface area (Å²) in [6.45, 7) is 0.385. The minimum absolute atomic E-state index is 0.110. The molecule has 0 aromatic rings. The number of hydrogen-bond acceptors (Lipinski definition) is 4. The summed E-state index contributed by atoms with van der Waals surface area (Å²) < 4.78 is 4.69. The monoisotopic (exact) mass is 248 g/mol. The third kappa shape index (κ3) is 11.9. The second-order valence-corrected chi connectivity index (χ2v) is 2.92. The van der Waals surface area contributed by atoms with Crippen molar-refractivity contribution in [3.8, 4) is 0 Å². The first-order valence-corrected chi connectivity index (χ1v) is 4.87. The zero-order chi connectivity index (χ0) is 13.1. The molecule has 0 atom stereocenters. The number of carbonyl (C=O) groups is 3. The zero-order valence-corrected chi connectivity index (χ0v) is 9.19. The first kappa shape index (κ1) is 15.0. The smallest absolute Gasteiger partial charge is 0.329 e. The maximum atomic E-state index is 11.0. The first-order valence-electron chi connectivity index (χ1n) is 4.87. The molecule has 0 rings (SSSR count). The van der Waals surface area contributed by atoms with E-state index in [2.05, 4.69) is 20.7 Å². The highest BCUT2D eigenvalue weighted by Gasteiger charge is 2.00. The highest BCUT2D eigenvalue weighted by atomic mass is 16.5. The maximum absolute atomic E-state index is 11.0. The minimum Gasteiger partial charge on any atom is -0.480 e. The molecular formula is C8H16N4O5. The van der Waals surface area contributed by atoms with Gasteiger partial charge in [-0.25, -0.2) is 14.4 Å². The van der Waals surface area contributed by atoms with Gasteiger partial charge in [-0.15, -0.1) is 0 Å². The summed E-state index contributed by atoms with van der Waals surface area (Å²) in [6, 6.07) is -1.09. The summed E-state index contributed by atoms with van der Waals surface area (Å²) in [5.74, 6) is -1.06. The Kier molecular flexibility index (Phi) is 8.11. The Bertz CT molecular complexity index is 271. The minimum atomic E-state index is -1.06. The van der Waals surface area contributed by atoms with Crippen molar-refractivity contribution in [2.24, 2.45) is 5.73 Å². The quantitative estimate of drug-likeness (QED) is 0.317. The van der Waals surface area contributed by atoms with E-state index in [4.69, 9.17) is 10.8 Å². The lowest BCUT2D eigenvalue weighted by atomic mass is 10.6. The molecule has 9 nitrogen and oxygen atoms in total. The predicted molar refractivity (Wildman–Crippen MR) is 57.4 cm³/mol. The van der Waals surface area contributed by atoms with Gasteiger partial charge in [-0.1, -0.05) is 0 Å². The molecule has 0 heterocycles. The van der Waals surface area contributed by atoms with E-state index in [9.17, 15) is 14.4 Å². The maximum Gasteiger partial charge on any atom is 0.329 e. The summed E-state index contributed by atoms with van der Waals surface area (Å²) in [6.07, 6.45) is 0. The molecule has 0 aromatic carbocycles. The standard InChI is InChI=1S/C8H16N4O5/c9-7(15)10-1-2-11-8(16)12-3-4-17-5-6(13)14/h1-5H2,(H,13,14)(H3,9,10,15)(H2,11,12,16). The number of ether oxygens (including phenoxy) is 1. The average molecular weight is 248 g/mol. The highest BCUT2D eigenvalue weighted by molar-refractivity contribution is 5.74. The molecule has 0 bridgehead atoms. The number of carboxylic acids is 1. The number of primary amides is 1. The van der Waals surface area contributed by atoms with E-state index in [1.54, 1.807) is 0 Å². The van der Waals surface area contributed by atoms with Crippen molar-refractivity contribution in [1.29, 1.82) is 0 Å². The number of hydrogen-bond donors (Lipinski definition) is 5. The Morgan fingerprint density at radius 2 is 1.65 bits per heavy atom. The number of aliphatic carboxylic acids is 1. The zero-order valence-electron chi connectivity index (χ0n) is 9.19. The number of amides is 4. The predicted octanol–water partition coefficient (Wildman–Crippen LogP) is -1.94.